The van der Waals surface area contributed by atoms with Crippen LogP contribution in [-0.4, -0.2) is 43.7 Å². The van der Waals surface area contributed by atoms with Crippen LogP contribution in [0.3, 0.4) is 0 Å². The average molecular weight is 294 g/mol. The van der Waals surface area contributed by atoms with Crippen molar-refractivity contribution in [1.82, 2.24) is 4.90 Å². The van der Waals surface area contributed by atoms with Gasteiger partial charge in [-0.2, -0.15) is 0 Å². The summed E-state index contributed by atoms with van der Waals surface area (Å²) < 4.78 is 0. The molecule has 0 saturated carbocycles. The first-order valence-electron chi connectivity index (χ1n) is 7.75. The third kappa shape index (κ3) is 2.95. The second-order valence-electron chi connectivity index (χ2n) is 5.94. The first-order valence-corrected chi connectivity index (χ1v) is 8.13. The molecular weight excluding hydrogens is 270 g/mol. The van der Waals surface area contributed by atoms with E-state index in [9.17, 15) is 0 Å². The van der Waals surface area contributed by atoms with Gasteiger partial charge in [0.25, 0.3) is 0 Å². The zero-order valence-corrected chi connectivity index (χ0v) is 12.8. The number of benzene rings is 1. The Bertz CT molecular complexity index is 463. The number of nitrogens with zero attached hydrogens (tertiary/aromatic N) is 2. The lowest BCUT2D eigenvalue weighted by molar-refractivity contribution is 0.273. The van der Waals surface area contributed by atoms with Crippen molar-refractivity contribution in [2.45, 2.75) is 31.7 Å². The maximum absolute atomic E-state index is 6.15. The maximum atomic E-state index is 6.15. The lowest BCUT2D eigenvalue weighted by Gasteiger charge is -2.29. The smallest absolute Gasteiger partial charge is 0.0410 e. The summed E-state index contributed by atoms with van der Waals surface area (Å²) in [6.45, 7) is 5.51. The minimum absolute atomic E-state index is 0.677. The van der Waals surface area contributed by atoms with Crippen molar-refractivity contribution < 1.29 is 0 Å². The van der Waals surface area contributed by atoms with Crippen LogP contribution in [0.5, 0.6) is 0 Å². The highest BCUT2D eigenvalue weighted by Crippen LogP contribution is 2.29. The van der Waals surface area contributed by atoms with Crippen molar-refractivity contribution in [1.29, 1.82) is 0 Å². The van der Waals surface area contributed by atoms with Crippen molar-refractivity contribution in [3.05, 3.63) is 28.8 Å². The zero-order valence-electron chi connectivity index (χ0n) is 12.0. The van der Waals surface area contributed by atoms with Gasteiger partial charge in [-0.25, -0.2) is 0 Å². The fourth-order valence-corrected chi connectivity index (χ4v) is 3.84. The molecule has 3 nitrogen and oxygen atoms in total. The molecule has 2 aliphatic rings. The van der Waals surface area contributed by atoms with Crippen LogP contribution in [-0.2, 0) is 6.42 Å². The molecule has 2 heterocycles. The van der Waals surface area contributed by atoms with E-state index >= 15 is 0 Å². The third-order valence-corrected chi connectivity index (χ3v) is 4.83. The van der Waals surface area contributed by atoms with Crippen molar-refractivity contribution in [2.24, 2.45) is 5.73 Å². The maximum Gasteiger partial charge on any atom is 0.0410 e. The van der Waals surface area contributed by atoms with Crippen LogP contribution in [0, 0.1) is 0 Å². The Balaban J connectivity index is 1.83. The molecule has 110 valence electrons. The van der Waals surface area contributed by atoms with Crippen LogP contribution in [0.4, 0.5) is 5.69 Å². The molecule has 1 unspecified atom stereocenters. The van der Waals surface area contributed by atoms with Gasteiger partial charge >= 0.3 is 0 Å². The molecule has 0 spiro atoms. The summed E-state index contributed by atoms with van der Waals surface area (Å²) in [5.74, 6) is 0. The van der Waals surface area contributed by atoms with Crippen LogP contribution in [0.15, 0.2) is 18.2 Å². The Morgan fingerprint density at radius 1 is 1.20 bits per heavy atom. The summed E-state index contributed by atoms with van der Waals surface area (Å²) in [7, 11) is 0. The molecule has 1 aromatic rings. The molecule has 2 N–H and O–H groups in total. The van der Waals surface area contributed by atoms with Crippen LogP contribution in [0.1, 0.15) is 24.8 Å². The normalized spacial score (nSPS) is 23.7. The molecule has 0 bridgehead atoms. The van der Waals surface area contributed by atoms with Gasteiger partial charge in [0.2, 0.25) is 0 Å². The monoisotopic (exact) mass is 293 g/mol. The predicted molar refractivity (Wildman–Crippen MR) is 85.6 cm³/mol. The van der Waals surface area contributed by atoms with Gasteiger partial charge in [0.05, 0.1) is 0 Å². The summed E-state index contributed by atoms with van der Waals surface area (Å²) in [5, 5.41) is 0.814. The summed E-state index contributed by atoms with van der Waals surface area (Å²) in [4.78, 5) is 5.22. The van der Waals surface area contributed by atoms with Gasteiger partial charge in [-0.15, -0.1) is 0 Å². The van der Waals surface area contributed by atoms with E-state index in [2.05, 4.69) is 21.9 Å². The largest absolute Gasteiger partial charge is 0.370 e. The Morgan fingerprint density at radius 2 is 2.05 bits per heavy atom. The Kier molecular flexibility index (Phi) is 4.49. The van der Waals surface area contributed by atoms with Gasteiger partial charge in [-0.05, 0) is 62.5 Å². The standard InChI is InChI=1S/C16H24ClN3/c17-14-4-5-16(13(11-14)6-7-18)20-10-2-9-19-8-1-3-15(19)12-20/h4-5,11,15H,1-3,6-10,12,18H2. The summed E-state index contributed by atoms with van der Waals surface area (Å²) in [6.07, 6.45) is 4.85. The molecule has 4 heteroatoms. The highest BCUT2D eigenvalue weighted by molar-refractivity contribution is 6.30. The van der Waals surface area contributed by atoms with E-state index < -0.39 is 0 Å². The van der Waals surface area contributed by atoms with Gasteiger partial charge in [0.1, 0.15) is 0 Å². The highest BCUT2D eigenvalue weighted by Gasteiger charge is 2.29. The molecule has 0 amide bonds. The summed E-state index contributed by atoms with van der Waals surface area (Å²) >= 11 is 6.15. The minimum Gasteiger partial charge on any atom is -0.370 e. The number of halogens is 1. The van der Waals surface area contributed by atoms with Gasteiger partial charge in [-0.3, -0.25) is 4.90 Å². The van der Waals surface area contributed by atoms with Gasteiger partial charge in [0.15, 0.2) is 0 Å². The number of hydrogen-bond donors (Lipinski definition) is 1. The number of rotatable bonds is 3. The second kappa shape index (κ2) is 6.33. The van der Waals surface area contributed by atoms with E-state index in [1.54, 1.807) is 0 Å². The fraction of sp³-hybridized carbons (Fsp3) is 0.625. The van der Waals surface area contributed by atoms with E-state index in [4.69, 9.17) is 17.3 Å². The number of anilines is 1. The zero-order chi connectivity index (χ0) is 13.9. The van der Waals surface area contributed by atoms with Crippen LogP contribution in [0.25, 0.3) is 0 Å². The third-order valence-electron chi connectivity index (χ3n) is 4.60. The highest BCUT2D eigenvalue weighted by atomic mass is 35.5. The topological polar surface area (TPSA) is 32.5 Å². The molecule has 20 heavy (non-hydrogen) atoms. The number of fused-ring (bicyclic) bond motifs is 1. The minimum atomic E-state index is 0.677. The molecule has 2 saturated heterocycles. The van der Waals surface area contributed by atoms with E-state index in [1.165, 1.54) is 43.6 Å². The molecule has 0 aromatic heterocycles. The molecule has 1 aromatic carbocycles. The first kappa shape index (κ1) is 14.2. The second-order valence-corrected chi connectivity index (χ2v) is 6.38. The molecule has 3 rings (SSSR count). The molecule has 0 aliphatic carbocycles. The molecule has 1 atom stereocenters. The molecule has 2 fully saturated rings. The van der Waals surface area contributed by atoms with E-state index in [-0.39, 0.29) is 0 Å². The molecule has 0 radical (unpaired) electrons. The van der Waals surface area contributed by atoms with Crippen LogP contribution in [0.2, 0.25) is 5.02 Å². The SMILES string of the molecule is NCCc1cc(Cl)ccc1N1CCCN2CCCC2C1. The fourth-order valence-electron chi connectivity index (χ4n) is 3.64. The first-order chi connectivity index (χ1) is 9.78. The number of hydrogen-bond acceptors (Lipinski definition) is 3. The van der Waals surface area contributed by atoms with Crippen molar-refractivity contribution >= 4 is 17.3 Å². The van der Waals surface area contributed by atoms with Crippen molar-refractivity contribution in [3.8, 4) is 0 Å². The molecule has 2 aliphatic heterocycles. The van der Waals surface area contributed by atoms with E-state index in [0.717, 1.165) is 30.6 Å². The van der Waals surface area contributed by atoms with Gasteiger partial charge in [0, 0.05) is 36.4 Å². The average Bonchev–Trinajstić information content (AvgIpc) is 2.77. The quantitative estimate of drug-likeness (QED) is 0.929. The van der Waals surface area contributed by atoms with E-state index in [1.807, 2.05) is 6.07 Å². The number of nitrogens with two attached hydrogens (primary N) is 1. The van der Waals surface area contributed by atoms with Crippen molar-refractivity contribution in [3.63, 3.8) is 0 Å². The lowest BCUT2D eigenvalue weighted by atomic mass is 10.1. The van der Waals surface area contributed by atoms with Gasteiger partial charge < -0.3 is 10.6 Å². The van der Waals surface area contributed by atoms with Crippen LogP contribution >= 0.6 is 11.6 Å². The van der Waals surface area contributed by atoms with Crippen molar-refractivity contribution in [2.75, 3.05) is 37.6 Å². The lowest BCUT2D eigenvalue weighted by Crippen LogP contribution is -2.37. The van der Waals surface area contributed by atoms with E-state index in [0.29, 0.717) is 6.54 Å². The Morgan fingerprint density at radius 3 is 2.90 bits per heavy atom. The summed E-state index contributed by atoms with van der Waals surface area (Å²) in [6, 6.07) is 7.01. The van der Waals surface area contributed by atoms with Crippen LogP contribution < -0.4 is 10.6 Å². The Labute approximate surface area is 126 Å². The van der Waals surface area contributed by atoms with Gasteiger partial charge in [-0.1, -0.05) is 11.6 Å². The summed E-state index contributed by atoms with van der Waals surface area (Å²) in [5.41, 5.74) is 8.39. The predicted octanol–water partition coefficient (Wildman–Crippen LogP) is 2.52. The molecular formula is C16H24ClN3. The Hall–Kier alpha value is -0.770.